The molecule has 0 radical (unpaired) electrons. The summed E-state index contributed by atoms with van der Waals surface area (Å²) in [6, 6.07) is 9.68. The first-order chi connectivity index (χ1) is 15.1. The fraction of sp³-hybridized carbons (Fsp3) is 0.375. The van der Waals surface area contributed by atoms with Crippen LogP contribution in [0.2, 0.25) is 0 Å². The predicted octanol–water partition coefficient (Wildman–Crippen LogP) is 3.60. The Kier molecular flexibility index (Phi) is 6.21. The number of benzene rings is 1. The molecule has 1 aliphatic rings. The first-order valence-corrected chi connectivity index (χ1v) is 10.4. The third-order valence-corrected chi connectivity index (χ3v) is 5.85. The van der Waals surface area contributed by atoms with Crippen LogP contribution in [0, 0.1) is 0 Å². The Morgan fingerprint density at radius 2 is 1.74 bits per heavy atom. The van der Waals surface area contributed by atoms with Gasteiger partial charge in [0, 0.05) is 42.5 Å². The van der Waals surface area contributed by atoms with E-state index in [-0.39, 0.29) is 5.91 Å². The van der Waals surface area contributed by atoms with Crippen molar-refractivity contribution in [3.05, 3.63) is 54.0 Å². The summed E-state index contributed by atoms with van der Waals surface area (Å²) < 4.78 is 16.2. The van der Waals surface area contributed by atoms with Crippen LogP contribution in [-0.2, 0) is 11.2 Å². The molecule has 0 N–H and O–H groups in total. The van der Waals surface area contributed by atoms with Crippen LogP contribution >= 0.6 is 0 Å². The highest BCUT2D eigenvalue weighted by Crippen LogP contribution is 2.38. The van der Waals surface area contributed by atoms with E-state index in [0.717, 1.165) is 48.1 Å². The number of carbonyl (C=O) groups excluding carboxylic acids is 1. The minimum atomic E-state index is 0.0980. The molecule has 1 saturated heterocycles. The maximum atomic E-state index is 12.9. The molecular formula is C24H27N3O4. The van der Waals surface area contributed by atoms with E-state index in [2.05, 4.69) is 16.0 Å². The molecule has 4 rings (SSSR count). The van der Waals surface area contributed by atoms with Gasteiger partial charge in [-0.25, -0.2) is 0 Å². The SMILES string of the molecule is COc1cc(CC(=O)N2CCC(c3cc4ncccc4cn3)CC2)cc(OC)c1OC. The van der Waals surface area contributed by atoms with Crippen molar-refractivity contribution < 1.29 is 19.0 Å². The van der Waals surface area contributed by atoms with Gasteiger partial charge in [-0.1, -0.05) is 0 Å². The van der Waals surface area contributed by atoms with E-state index in [9.17, 15) is 4.79 Å². The van der Waals surface area contributed by atoms with Gasteiger partial charge in [-0.3, -0.25) is 14.8 Å². The topological polar surface area (TPSA) is 73.8 Å². The number of piperidine rings is 1. The highest BCUT2D eigenvalue weighted by atomic mass is 16.5. The number of ether oxygens (including phenoxy) is 3. The summed E-state index contributed by atoms with van der Waals surface area (Å²) in [5, 5.41) is 1.05. The third kappa shape index (κ3) is 4.40. The monoisotopic (exact) mass is 421 g/mol. The van der Waals surface area contributed by atoms with Gasteiger partial charge in [0.25, 0.3) is 0 Å². The van der Waals surface area contributed by atoms with Crippen molar-refractivity contribution in [3.63, 3.8) is 0 Å². The zero-order valence-electron chi connectivity index (χ0n) is 18.1. The molecule has 1 amide bonds. The summed E-state index contributed by atoms with van der Waals surface area (Å²) >= 11 is 0. The quantitative estimate of drug-likeness (QED) is 0.605. The summed E-state index contributed by atoms with van der Waals surface area (Å²) in [7, 11) is 4.71. The van der Waals surface area contributed by atoms with Crippen molar-refractivity contribution in [2.75, 3.05) is 34.4 Å². The molecule has 0 bridgehead atoms. The Morgan fingerprint density at radius 3 is 2.39 bits per heavy atom. The molecule has 3 aromatic rings. The number of aromatic nitrogens is 2. The molecule has 7 heteroatoms. The minimum Gasteiger partial charge on any atom is -0.493 e. The zero-order valence-corrected chi connectivity index (χ0v) is 18.1. The normalized spacial score (nSPS) is 14.5. The van der Waals surface area contributed by atoms with Gasteiger partial charge in [-0.2, -0.15) is 0 Å². The molecule has 1 aromatic carbocycles. The molecule has 0 unspecified atom stereocenters. The number of rotatable bonds is 6. The van der Waals surface area contributed by atoms with Gasteiger partial charge in [0.1, 0.15) is 0 Å². The third-order valence-electron chi connectivity index (χ3n) is 5.85. The summed E-state index contributed by atoms with van der Waals surface area (Å²) in [6.07, 6.45) is 5.77. The molecule has 0 spiro atoms. The van der Waals surface area contributed by atoms with Crippen LogP contribution in [0.5, 0.6) is 17.2 Å². The van der Waals surface area contributed by atoms with Gasteiger partial charge in [0.2, 0.25) is 11.7 Å². The van der Waals surface area contributed by atoms with E-state index in [1.807, 2.05) is 35.4 Å². The number of pyridine rings is 2. The molecule has 162 valence electrons. The average Bonchev–Trinajstić information content (AvgIpc) is 2.83. The zero-order chi connectivity index (χ0) is 21.8. The second-order valence-corrected chi connectivity index (χ2v) is 7.67. The van der Waals surface area contributed by atoms with E-state index < -0.39 is 0 Å². The summed E-state index contributed by atoms with van der Waals surface area (Å²) in [5.74, 6) is 2.08. The number of likely N-dealkylation sites (tertiary alicyclic amines) is 1. The van der Waals surface area contributed by atoms with Crippen molar-refractivity contribution in [2.24, 2.45) is 0 Å². The first-order valence-electron chi connectivity index (χ1n) is 10.4. The summed E-state index contributed by atoms with van der Waals surface area (Å²) in [4.78, 5) is 23.9. The molecule has 1 fully saturated rings. The molecule has 31 heavy (non-hydrogen) atoms. The largest absolute Gasteiger partial charge is 0.493 e. The van der Waals surface area contributed by atoms with Crippen LogP contribution in [0.1, 0.15) is 30.0 Å². The van der Waals surface area contributed by atoms with Crippen molar-refractivity contribution in [1.82, 2.24) is 14.9 Å². The Bertz CT molecular complexity index is 1050. The molecule has 0 saturated carbocycles. The number of fused-ring (bicyclic) bond motifs is 1. The second-order valence-electron chi connectivity index (χ2n) is 7.67. The molecule has 3 heterocycles. The van der Waals surface area contributed by atoms with Crippen LogP contribution in [0.4, 0.5) is 0 Å². The van der Waals surface area contributed by atoms with Gasteiger partial charge in [-0.05, 0) is 48.7 Å². The van der Waals surface area contributed by atoms with Gasteiger partial charge in [-0.15, -0.1) is 0 Å². The lowest BCUT2D eigenvalue weighted by atomic mass is 9.92. The Morgan fingerprint density at radius 1 is 1.03 bits per heavy atom. The van der Waals surface area contributed by atoms with Crippen LogP contribution in [-0.4, -0.2) is 55.2 Å². The van der Waals surface area contributed by atoms with Crippen molar-refractivity contribution in [2.45, 2.75) is 25.2 Å². The average molecular weight is 421 g/mol. The van der Waals surface area contributed by atoms with Gasteiger partial charge in [0.15, 0.2) is 11.5 Å². The first kappa shape index (κ1) is 20.9. The maximum Gasteiger partial charge on any atom is 0.226 e. The molecule has 0 aliphatic carbocycles. The van der Waals surface area contributed by atoms with Crippen LogP contribution < -0.4 is 14.2 Å². The van der Waals surface area contributed by atoms with Gasteiger partial charge in [0.05, 0.1) is 33.3 Å². The van der Waals surface area contributed by atoms with E-state index in [4.69, 9.17) is 14.2 Å². The van der Waals surface area contributed by atoms with E-state index >= 15 is 0 Å². The number of hydrogen-bond donors (Lipinski definition) is 0. The standard InChI is InChI=1S/C24H27N3O4/c1-29-21-11-16(12-22(30-2)24(21)31-3)13-23(28)27-9-6-17(7-10-27)19-14-20-18(15-26-19)5-4-8-25-20/h4-5,8,11-12,14-15,17H,6-7,9-10,13H2,1-3H3. The van der Waals surface area contributed by atoms with Crippen LogP contribution in [0.25, 0.3) is 10.9 Å². The van der Waals surface area contributed by atoms with Crippen LogP contribution in [0.15, 0.2) is 42.7 Å². The molecule has 2 aromatic heterocycles. The Labute approximate surface area is 182 Å². The molecular weight excluding hydrogens is 394 g/mol. The summed E-state index contributed by atoms with van der Waals surface area (Å²) in [6.45, 7) is 1.44. The van der Waals surface area contributed by atoms with Crippen molar-refractivity contribution in [3.8, 4) is 17.2 Å². The number of carbonyl (C=O) groups is 1. The second kappa shape index (κ2) is 9.20. The van der Waals surface area contributed by atoms with Crippen molar-refractivity contribution >= 4 is 16.8 Å². The lowest BCUT2D eigenvalue weighted by molar-refractivity contribution is -0.131. The fourth-order valence-electron chi connectivity index (χ4n) is 4.15. The lowest BCUT2D eigenvalue weighted by Crippen LogP contribution is -2.38. The smallest absolute Gasteiger partial charge is 0.226 e. The van der Waals surface area contributed by atoms with Crippen molar-refractivity contribution in [1.29, 1.82) is 0 Å². The number of nitrogens with zero attached hydrogens (tertiary/aromatic N) is 3. The van der Waals surface area contributed by atoms with Crippen LogP contribution in [0.3, 0.4) is 0 Å². The van der Waals surface area contributed by atoms with E-state index in [1.165, 1.54) is 0 Å². The molecule has 1 aliphatic heterocycles. The van der Waals surface area contributed by atoms with E-state index in [1.54, 1.807) is 27.5 Å². The van der Waals surface area contributed by atoms with E-state index in [0.29, 0.717) is 29.6 Å². The number of hydrogen-bond acceptors (Lipinski definition) is 6. The fourth-order valence-corrected chi connectivity index (χ4v) is 4.15. The predicted molar refractivity (Wildman–Crippen MR) is 118 cm³/mol. The van der Waals surface area contributed by atoms with Gasteiger partial charge >= 0.3 is 0 Å². The minimum absolute atomic E-state index is 0.0980. The Balaban J connectivity index is 1.41. The number of amides is 1. The molecule has 0 atom stereocenters. The highest BCUT2D eigenvalue weighted by molar-refractivity contribution is 5.80. The maximum absolute atomic E-state index is 12.9. The Hall–Kier alpha value is -3.35. The lowest BCUT2D eigenvalue weighted by Gasteiger charge is -2.32. The molecule has 7 nitrogen and oxygen atoms in total. The summed E-state index contributed by atoms with van der Waals surface area (Å²) in [5.41, 5.74) is 2.86. The number of methoxy groups -OCH3 is 3. The highest BCUT2D eigenvalue weighted by Gasteiger charge is 2.25. The van der Waals surface area contributed by atoms with Gasteiger partial charge < -0.3 is 19.1 Å².